The number of hydrogen-bond donors (Lipinski definition) is 2. The highest BCUT2D eigenvalue weighted by Gasteiger charge is 2.33. The van der Waals surface area contributed by atoms with Gasteiger partial charge in [0.05, 0.1) is 30.1 Å². The first-order valence-corrected chi connectivity index (χ1v) is 10.6. The summed E-state index contributed by atoms with van der Waals surface area (Å²) in [6.07, 6.45) is -1.64. The van der Waals surface area contributed by atoms with Gasteiger partial charge < -0.3 is 5.32 Å². The van der Waals surface area contributed by atoms with Crippen molar-refractivity contribution < 1.29 is 26.4 Å². The van der Waals surface area contributed by atoms with E-state index in [2.05, 4.69) is 15.4 Å². The Hall–Kier alpha value is -3.25. The molecule has 31 heavy (non-hydrogen) atoms. The fourth-order valence-corrected chi connectivity index (χ4v) is 3.62. The van der Waals surface area contributed by atoms with E-state index in [0.29, 0.717) is 17.1 Å². The molecule has 2 aromatic heterocycles. The molecule has 0 saturated carbocycles. The number of primary sulfonamides is 1. The number of nitrogens with zero attached hydrogens (tertiary/aromatic N) is 3. The lowest BCUT2D eigenvalue weighted by Gasteiger charge is -2.11. The number of carbonyl (C=O) groups is 1. The van der Waals surface area contributed by atoms with Crippen LogP contribution in [0.15, 0.2) is 53.8 Å². The molecule has 1 aromatic carbocycles. The molecule has 3 aromatic rings. The van der Waals surface area contributed by atoms with Crippen LogP contribution in [0.3, 0.4) is 0 Å². The first kappa shape index (κ1) is 22.4. The molecule has 0 spiro atoms. The molecule has 0 radical (unpaired) electrons. The Morgan fingerprint density at radius 3 is 2.45 bits per heavy atom. The van der Waals surface area contributed by atoms with Gasteiger partial charge >= 0.3 is 6.18 Å². The van der Waals surface area contributed by atoms with E-state index in [9.17, 15) is 26.4 Å². The van der Waals surface area contributed by atoms with Crippen molar-refractivity contribution in [1.82, 2.24) is 14.8 Å². The summed E-state index contributed by atoms with van der Waals surface area (Å²) < 4.78 is 63.2. The largest absolute Gasteiger partial charge is 0.419 e. The van der Waals surface area contributed by atoms with Crippen molar-refractivity contribution in [2.24, 2.45) is 5.14 Å². The van der Waals surface area contributed by atoms with Crippen LogP contribution in [0.5, 0.6) is 0 Å². The van der Waals surface area contributed by atoms with Gasteiger partial charge in [0, 0.05) is 6.20 Å². The van der Waals surface area contributed by atoms with Crippen LogP contribution >= 0.6 is 0 Å². The summed E-state index contributed by atoms with van der Waals surface area (Å²) in [5.41, 5.74) is 0.752. The highest BCUT2D eigenvalue weighted by Crippen LogP contribution is 2.30. The van der Waals surface area contributed by atoms with Crippen LogP contribution in [0.1, 0.15) is 23.6 Å². The predicted octanol–water partition coefficient (Wildman–Crippen LogP) is 2.68. The van der Waals surface area contributed by atoms with Gasteiger partial charge in [-0.3, -0.25) is 4.79 Å². The predicted molar refractivity (Wildman–Crippen MR) is 106 cm³/mol. The average molecular weight is 453 g/mol. The third-order valence-electron chi connectivity index (χ3n) is 4.40. The Balaban J connectivity index is 1.90. The lowest BCUT2D eigenvalue weighted by molar-refractivity contribution is -0.137. The molecular weight excluding hydrogens is 435 g/mol. The van der Waals surface area contributed by atoms with Gasteiger partial charge in [-0.15, -0.1) is 0 Å². The SMILES string of the molecule is CCc1ccccc1CC(=O)Nc1cnc(-n2cc(C(F)(F)F)cn2)c(S(N)(=O)=O)c1. The van der Waals surface area contributed by atoms with E-state index in [4.69, 9.17) is 5.14 Å². The number of halogens is 3. The van der Waals surface area contributed by atoms with E-state index in [-0.39, 0.29) is 12.1 Å². The van der Waals surface area contributed by atoms with Crippen molar-refractivity contribution in [3.63, 3.8) is 0 Å². The van der Waals surface area contributed by atoms with Crippen LogP contribution < -0.4 is 10.5 Å². The van der Waals surface area contributed by atoms with Crippen LogP contribution in [0.2, 0.25) is 0 Å². The monoisotopic (exact) mass is 453 g/mol. The molecule has 0 aliphatic heterocycles. The van der Waals surface area contributed by atoms with Crippen LogP contribution in [0.25, 0.3) is 5.82 Å². The Bertz CT molecular complexity index is 1220. The highest BCUT2D eigenvalue weighted by molar-refractivity contribution is 7.89. The van der Waals surface area contributed by atoms with Crippen molar-refractivity contribution >= 4 is 21.6 Å². The van der Waals surface area contributed by atoms with Gasteiger partial charge in [-0.25, -0.2) is 23.2 Å². The second-order valence-corrected chi connectivity index (χ2v) is 8.14. The first-order chi connectivity index (χ1) is 14.5. The van der Waals surface area contributed by atoms with E-state index in [0.717, 1.165) is 29.8 Å². The molecule has 1 amide bonds. The number of benzene rings is 1. The van der Waals surface area contributed by atoms with Gasteiger partial charge in [0.25, 0.3) is 0 Å². The highest BCUT2D eigenvalue weighted by atomic mass is 32.2. The quantitative estimate of drug-likeness (QED) is 0.595. The molecule has 12 heteroatoms. The molecule has 8 nitrogen and oxygen atoms in total. The van der Waals surface area contributed by atoms with Gasteiger partial charge in [-0.1, -0.05) is 31.2 Å². The molecule has 3 rings (SSSR count). The number of hydrogen-bond acceptors (Lipinski definition) is 5. The Morgan fingerprint density at radius 2 is 1.87 bits per heavy atom. The zero-order valence-electron chi connectivity index (χ0n) is 16.2. The second-order valence-electron chi connectivity index (χ2n) is 6.61. The number of nitrogens with two attached hydrogens (primary N) is 1. The van der Waals surface area contributed by atoms with E-state index < -0.39 is 38.4 Å². The summed E-state index contributed by atoms with van der Waals surface area (Å²) in [5.74, 6) is -0.846. The molecule has 0 aliphatic rings. The number of rotatable bonds is 6. The van der Waals surface area contributed by atoms with Crippen LogP contribution in [0, 0.1) is 0 Å². The summed E-state index contributed by atoms with van der Waals surface area (Å²) >= 11 is 0. The van der Waals surface area contributed by atoms with Crippen LogP contribution in [0.4, 0.5) is 18.9 Å². The van der Waals surface area contributed by atoms with Gasteiger partial charge in [-0.2, -0.15) is 18.3 Å². The zero-order valence-corrected chi connectivity index (χ0v) is 17.0. The molecule has 0 aliphatic carbocycles. The standard InChI is InChI=1S/C19H18F3N5O3S/c1-2-12-5-3-4-6-13(12)7-17(28)26-15-8-16(31(23,29)30)18(24-10-15)27-11-14(9-25-27)19(20,21)22/h3-6,8-11H,2,7H2,1H3,(H,26,28)(H2,23,29,30). The van der Waals surface area contributed by atoms with Crippen molar-refractivity contribution in [2.45, 2.75) is 30.8 Å². The number of aryl methyl sites for hydroxylation is 1. The maximum Gasteiger partial charge on any atom is 0.419 e. The normalized spacial score (nSPS) is 12.0. The van der Waals surface area contributed by atoms with E-state index in [1.807, 2.05) is 25.1 Å². The Morgan fingerprint density at radius 1 is 1.19 bits per heavy atom. The summed E-state index contributed by atoms with van der Waals surface area (Å²) in [7, 11) is -4.39. The molecule has 3 N–H and O–H groups in total. The molecule has 0 saturated heterocycles. The fourth-order valence-electron chi connectivity index (χ4n) is 2.93. The molecule has 2 heterocycles. The maximum absolute atomic E-state index is 12.8. The van der Waals surface area contributed by atoms with Crippen LogP contribution in [-0.4, -0.2) is 29.1 Å². The Labute approximate surface area is 176 Å². The third kappa shape index (κ3) is 5.27. The number of anilines is 1. The second kappa shape index (κ2) is 8.47. The number of pyridine rings is 1. The summed E-state index contributed by atoms with van der Waals surface area (Å²) in [4.78, 5) is 15.7. The Kier molecular flexibility index (Phi) is 6.13. The summed E-state index contributed by atoms with van der Waals surface area (Å²) in [6.45, 7) is 1.96. The maximum atomic E-state index is 12.8. The van der Waals surface area contributed by atoms with E-state index >= 15 is 0 Å². The number of nitrogens with one attached hydrogen (secondary N) is 1. The van der Waals surface area contributed by atoms with Crippen molar-refractivity contribution in [2.75, 3.05) is 5.32 Å². The lowest BCUT2D eigenvalue weighted by atomic mass is 10.0. The van der Waals surface area contributed by atoms with E-state index in [1.165, 1.54) is 0 Å². The van der Waals surface area contributed by atoms with Gasteiger partial charge in [-0.05, 0) is 23.6 Å². The minimum absolute atomic E-state index is 0.0231. The lowest BCUT2D eigenvalue weighted by Crippen LogP contribution is -2.19. The molecule has 0 atom stereocenters. The minimum Gasteiger partial charge on any atom is -0.324 e. The van der Waals surface area contributed by atoms with Gasteiger partial charge in [0.15, 0.2) is 5.82 Å². The fraction of sp³-hybridized carbons (Fsp3) is 0.211. The number of carbonyl (C=O) groups excluding carboxylic acids is 1. The van der Waals surface area contributed by atoms with Crippen molar-refractivity contribution in [3.8, 4) is 5.82 Å². The van der Waals surface area contributed by atoms with Crippen molar-refractivity contribution in [3.05, 3.63) is 65.6 Å². The average Bonchev–Trinajstić information content (AvgIpc) is 3.18. The molecule has 0 fully saturated rings. The topological polar surface area (TPSA) is 120 Å². The summed E-state index contributed by atoms with van der Waals surface area (Å²) in [6, 6.07) is 8.40. The third-order valence-corrected chi connectivity index (χ3v) is 5.31. The van der Waals surface area contributed by atoms with Gasteiger partial charge in [0.2, 0.25) is 15.9 Å². The molecule has 0 bridgehead atoms. The van der Waals surface area contributed by atoms with E-state index in [1.54, 1.807) is 6.07 Å². The van der Waals surface area contributed by atoms with Crippen LogP contribution in [-0.2, 0) is 33.8 Å². The van der Waals surface area contributed by atoms with Crippen molar-refractivity contribution in [1.29, 1.82) is 0 Å². The molecule has 0 unspecified atom stereocenters. The number of aromatic nitrogens is 3. The molecular formula is C19H18F3N5O3S. The summed E-state index contributed by atoms with van der Waals surface area (Å²) in [5, 5.41) is 11.3. The minimum atomic E-state index is -4.66. The first-order valence-electron chi connectivity index (χ1n) is 9.00. The zero-order chi connectivity index (χ0) is 22.8. The number of alkyl halides is 3. The number of amides is 1. The smallest absolute Gasteiger partial charge is 0.324 e. The van der Waals surface area contributed by atoms with Gasteiger partial charge in [0.1, 0.15) is 4.90 Å². The molecule has 164 valence electrons. The number of sulfonamides is 1.